The Morgan fingerprint density at radius 1 is 1.24 bits per heavy atom. The zero-order valence-corrected chi connectivity index (χ0v) is 14.8. The van der Waals surface area contributed by atoms with Crippen molar-refractivity contribution in [3.8, 4) is 0 Å². The summed E-state index contributed by atoms with van der Waals surface area (Å²) in [5.74, 6) is -0.361. The van der Waals surface area contributed by atoms with E-state index in [2.05, 4.69) is 33.6 Å². The smallest absolute Gasteiger partial charge is 0.337 e. The van der Waals surface area contributed by atoms with Gasteiger partial charge in [-0.2, -0.15) is 0 Å². The number of esters is 1. The van der Waals surface area contributed by atoms with Gasteiger partial charge in [-0.05, 0) is 54.0 Å². The number of nitrogens with one attached hydrogen (secondary N) is 2. The third-order valence-electron chi connectivity index (χ3n) is 4.10. The van der Waals surface area contributed by atoms with E-state index >= 15 is 0 Å². The van der Waals surface area contributed by atoms with E-state index in [-0.39, 0.29) is 12.1 Å². The van der Waals surface area contributed by atoms with Crippen LogP contribution in [0.4, 0.5) is 5.69 Å². The van der Waals surface area contributed by atoms with E-state index in [9.17, 15) is 4.79 Å². The van der Waals surface area contributed by atoms with Crippen LogP contribution in [-0.4, -0.2) is 31.3 Å². The van der Waals surface area contributed by atoms with Crippen molar-refractivity contribution >= 4 is 29.0 Å². The van der Waals surface area contributed by atoms with Gasteiger partial charge in [0.25, 0.3) is 0 Å². The predicted molar refractivity (Wildman–Crippen MR) is 101 cm³/mol. The number of carbonyl (C=O) groups excluding carboxylic acids is 1. The van der Waals surface area contributed by atoms with Gasteiger partial charge < -0.3 is 20.1 Å². The van der Waals surface area contributed by atoms with E-state index in [0.29, 0.717) is 17.2 Å². The molecular weight excluding hydrogens is 336 g/mol. The van der Waals surface area contributed by atoms with Crippen LogP contribution in [0.15, 0.2) is 48.5 Å². The van der Waals surface area contributed by atoms with Gasteiger partial charge in [-0.3, -0.25) is 0 Å². The highest BCUT2D eigenvalue weighted by atomic mass is 32.1. The number of fused-ring (bicyclic) bond motifs is 1. The summed E-state index contributed by atoms with van der Waals surface area (Å²) in [5.41, 5.74) is 3.85. The Morgan fingerprint density at radius 3 is 2.76 bits per heavy atom. The van der Waals surface area contributed by atoms with E-state index in [1.807, 2.05) is 6.07 Å². The molecule has 0 saturated heterocycles. The summed E-state index contributed by atoms with van der Waals surface area (Å²) in [6, 6.07) is 15.3. The number of benzene rings is 2. The lowest BCUT2D eigenvalue weighted by atomic mass is 9.98. The molecular formula is C19H20N2O3S. The van der Waals surface area contributed by atoms with Crippen molar-refractivity contribution in [2.75, 3.05) is 25.6 Å². The van der Waals surface area contributed by atoms with Gasteiger partial charge in [0.15, 0.2) is 5.11 Å². The molecule has 3 rings (SSSR count). The van der Waals surface area contributed by atoms with Crippen LogP contribution in [0.1, 0.15) is 27.6 Å². The minimum absolute atomic E-state index is 0.00796. The number of hydrogen-bond donors (Lipinski definition) is 2. The van der Waals surface area contributed by atoms with E-state index in [0.717, 1.165) is 18.7 Å². The molecule has 0 aromatic heterocycles. The maximum atomic E-state index is 11.4. The van der Waals surface area contributed by atoms with Crippen molar-refractivity contribution < 1.29 is 14.3 Å². The molecule has 2 N–H and O–H groups in total. The standard InChI is InChI=1S/C19H20N2O3S/c1-23-18(22)14-6-8-15(9-7-14)21-19(25)20-12-17-16-5-3-2-4-13(16)10-11-24-17/h2-9,17H,10-12H2,1H3,(H2,20,21,25)/t17-/m0/s1. The summed E-state index contributed by atoms with van der Waals surface area (Å²) in [6.07, 6.45) is 0.938. The van der Waals surface area contributed by atoms with E-state index < -0.39 is 0 Å². The summed E-state index contributed by atoms with van der Waals surface area (Å²) in [5, 5.41) is 6.81. The molecule has 0 radical (unpaired) electrons. The van der Waals surface area contributed by atoms with Gasteiger partial charge in [-0.15, -0.1) is 0 Å². The van der Waals surface area contributed by atoms with Gasteiger partial charge in [0, 0.05) is 12.2 Å². The van der Waals surface area contributed by atoms with Crippen molar-refractivity contribution in [2.45, 2.75) is 12.5 Å². The molecule has 0 amide bonds. The van der Waals surface area contributed by atoms with Gasteiger partial charge in [0.05, 0.1) is 19.3 Å². The molecule has 6 heteroatoms. The number of methoxy groups -OCH3 is 1. The first-order valence-electron chi connectivity index (χ1n) is 8.10. The second-order valence-electron chi connectivity index (χ2n) is 5.71. The van der Waals surface area contributed by atoms with Gasteiger partial charge in [-0.25, -0.2) is 4.79 Å². The molecule has 1 heterocycles. The first kappa shape index (κ1) is 17.4. The molecule has 2 aromatic carbocycles. The van der Waals surface area contributed by atoms with Crippen molar-refractivity contribution in [3.05, 3.63) is 65.2 Å². The largest absolute Gasteiger partial charge is 0.465 e. The maximum absolute atomic E-state index is 11.4. The van der Waals surface area contributed by atoms with Crippen molar-refractivity contribution in [1.29, 1.82) is 0 Å². The first-order chi connectivity index (χ1) is 12.2. The zero-order chi connectivity index (χ0) is 17.6. The number of carbonyl (C=O) groups is 1. The number of hydrogen-bond acceptors (Lipinski definition) is 4. The number of ether oxygens (including phenoxy) is 2. The fraction of sp³-hybridized carbons (Fsp3) is 0.263. The molecule has 0 bridgehead atoms. The quantitative estimate of drug-likeness (QED) is 0.649. The second-order valence-corrected chi connectivity index (χ2v) is 6.12. The molecule has 0 spiro atoms. The Morgan fingerprint density at radius 2 is 2.00 bits per heavy atom. The van der Waals surface area contributed by atoms with Crippen LogP contribution >= 0.6 is 12.2 Å². The topological polar surface area (TPSA) is 59.6 Å². The highest BCUT2D eigenvalue weighted by molar-refractivity contribution is 7.80. The van der Waals surface area contributed by atoms with Crippen LogP contribution in [0, 0.1) is 0 Å². The Hall–Kier alpha value is -2.44. The van der Waals surface area contributed by atoms with E-state index in [4.69, 9.17) is 17.0 Å². The van der Waals surface area contributed by atoms with Crippen molar-refractivity contribution in [2.24, 2.45) is 0 Å². The fourth-order valence-corrected chi connectivity index (χ4v) is 3.02. The minimum Gasteiger partial charge on any atom is -0.465 e. The molecule has 1 atom stereocenters. The lowest BCUT2D eigenvalue weighted by Crippen LogP contribution is -2.34. The maximum Gasteiger partial charge on any atom is 0.337 e. The summed E-state index contributed by atoms with van der Waals surface area (Å²) >= 11 is 5.34. The third-order valence-corrected chi connectivity index (χ3v) is 4.35. The van der Waals surface area contributed by atoms with Crippen LogP contribution in [0.25, 0.3) is 0 Å². The summed E-state index contributed by atoms with van der Waals surface area (Å²) in [7, 11) is 1.36. The predicted octanol–water partition coefficient (Wildman–Crippen LogP) is 3.07. The molecule has 1 aliphatic heterocycles. The molecule has 0 aliphatic carbocycles. The zero-order valence-electron chi connectivity index (χ0n) is 14.0. The fourth-order valence-electron chi connectivity index (χ4n) is 2.81. The molecule has 25 heavy (non-hydrogen) atoms. The van der Waals surface area contributed by atoms with Crippen molar-refractivity contribution in [3.63, 3.8) is 0 Å². The Balaban J connectivity index is 1.54. The molecule has 0 fully saturated rings. The molecule has 5 nitrogen and oxygen atoms in total. The van der Waals surface area contributed by atoms with Gasteiger partial charge in [0.1, 0.15) is 6.10 Å². The van der Waals surface area contributed by atoms with Crippen LogP contribution < -0.4 is 10.6 Å². The van der Waals surface area contributed by atoms with Crippen LogP contribution in [0.3, 0.4) is 0 Å². The third kappa shape index (κ3) is 4.35. The normalized spacial score (nSPS) is 15.8. The van der Waals surface area contributed by atoms with Crippen LogP contribution in [-0.2, 0) is 15.9 Å². The van der Waals surface area contributed by atoms with Crippen LogP contribution in [0.5, 0.6) is 0 Å². The number of anilines is 1. The summed E-state index contributed by atoms with van der Waals surface area (Å²) < 4.78 is 10.5. The Labute approximate surface area is 152 Å². The average molecular weight is 356 g/mol. The summed E-state index contributed by atoms with van der Waals surface area (Å²) in [6.45, 7) is 1.32. The first-order valence-corrected chi connectivity index (χ1v) is 8.51. The monoisotopic (exact) mass is 356 g/mol. The second kappa shape index (κ2) is 8.09. The lowest BCUT2D eigenvalue weighted by molar-refractivity contribution is 0.0456. The number of rotatable bonds is 4. The molecule has 0 unspecified atom stereocenters. The van der Waals surface area contributed by atoms with Gasteiger partial charge >= 0.3 is 5.97 Å². The van der Waals surface area contributed by atoms with E-state index in [1.54, 1.807) is 24.3 Å². The highest BCUT2D eigenvalue weighted by Crippen LogP contribution is 2.26. The minimum atomic E-state index is -0.361. The highest BCUT2D eigenvalue weighted by Gasteiger charge is 2.20. The Bertz CT molecular complexity index is 762. The molecule has 1 aliphatic rings. The lowest BCUT2D eigenvalue weighted by Gasteiger charge is -2.26. The van der Waals surface area contributed by atoms with Crippen molar-refractivity contribution in [1.82, 2.24) is 5.32 Å². The summed E-state index contributed by atoms with van der Waals surface area (Å²) in [4.78, 5) is 11.4. The molecule has 2 aromatic rings. The number of thiocarbonyl (C=S) groups is 1. The SMILES string of the molecule is COC(=O)c1ccc(NC(=S)NC[C@@H]2OCCc3ccccc32)cc1. The Kier molecular flexibility index (Phi) is 5.63. The molecule has 130 valence electrons. The van der Waals surface area contributed by atoms with Gasteiger partial charge in [-0.1, -0.05) is 24.3 Å². The average Bonchev–Trinajstić information content (AvgIpc) is 2.66. The van der Waals surface area contributed by atoms with E-state index in [1.165, 1.54) is 18.2 Å². The van der Waals surface area contributed by atoms with Gasteiger partial charge in [0.2, 0.25) is 0 Å². The van der Waals surface area contributed by atoms with Crippen LogP contribution in [0.2, 0.25) is 0 Å². The molecule has 0 saturated carbocycles.